The van der Waals surface area contributed by atoms with Crippen LogP contribution in [0.1, 0.15) is 6.92 Å². The quantitative estimate of drug-likeness (QED) is 0.742. The molecule has 1 heterocycles. The summed E-state index contributed by atoms with van der Waals surface area (Å²) in [5.74, 6) is 0. The first-order valence-corrected chi connectivity index (χ1v) is 4.39. The molecule has 1 saturated heterocycles. The maximum Gasteiger partial charge on any atom is 0.120 e. The maximum absolute atomic E-state index is 9.16. The molecule has 2 N–H and O–H groups in total. The number of hydrogen-bond acceptors (Lipinski definition) is 4. The largest absolute Gasteiger partial charge is 0.392 e. The third-order valence-corrected chi connectivity index (χ3v) is 2.03. The summed E-state index contributed by atoms with van der Waals surface area (Å²) in [7, 11) is 1.70. The van der Waals surface area contributed by atoms with E-state index in [-0.39, 0.29) is 37.1 Å². The van der Waals surface area contributed by atoms with Crippen LogP contribution < -0.4 is 5.32 Å². The third kappa shape index (κ3) is 6.01. The van der Waals surface area contributed by atoms with Crippen molar-refractivity contribution in [2.24, 2.45) is 0 Å². The number of nitrogens with one attached hydrogen (secondary N) is 1. The Morgan fingerprint density at radius 1 is 1.57 bits per heavy atom. The molecule has 14 heavy (non-hydrogen) atoms. The Balaban J connectivity index is 0. The van der Waals surface area contributed by atoms with Crippen molar-refractivity contribution in [2.45, 2.75) is 19.3 Å². The van der Waals surface area contributed by atoms with E-state index in [9.17, 15) is 0 Å². The minimum Gasteiger partial charge on any atom is -0.392 e. The Morgan fingerprint density at radius 2 is 2.21 bits per heavy atom. The lowest BCUT2D eigenvalue weighted by Gasteiger charge is -2.33. The van der Waals surface area contributed by atoms with Gasteiger partial charge in [-0.15, -0.1) is 24.8 Å². The fourth-order valence-corrected chi connectivity index (χ4v) is 1.47. The summed E-state index contributed by atoms with van der Waals surface area (Å²) in [5, 5.41) is 12.4. The molecule has 1 fully saturated rings. The number of halogens is 2. The molecule has 0 aromatic rings. The van der Waals surface area contributed by atoms with Crippen molar-refractivity contribution in [3.8, 4) is 0 Å². The van der Waals surface area contributed by atoms with Crippen LogP contribution in [0.5, 0.6) is 0 Å². The van der Waals surface area contributed by atoms with Gasteiger partial charge in [-0.2, -0.15) is 0 Å². The highest BCUT2D eigenvalue weighted by molar-refractivity contribution is 5.85. The molecule has 2 atom stereocenters. The number of piperazine rings is 1. The summed E-state index contributed by atoms with van der Waals surface area (Å²) in [5.41, 5.74) is 0. The summed E-state index contributed by atoms with van der Waals surface area (Å²) >= 11 is 0. The first kappa shape index (κ1) is 16.8. The number of hydrogen-bond donors (Lipinski definition) is 2. The Bertz CT molecular complexity index is 139. The van der Waals surface area contributed by atoms with Crippen molar-refractivity contribution in [1.29, 1.82) is 0 Å². The van der Waals surface area contributed by atoms with Crippen LogP contribution in [-0.2, 0) is 4.74 Å². The Hall–Kier alpha value is 0.420. The van der Waals surface area contributed by atoms with Crippen LogP contribution in [0.2, 0.25) is 0 Å². The normalized spacial score (nSPS) is 24.6. The van der Waals surface area contributed by atoms with Crippen molar-refractivity contribution in [3.05, 3.63) is 0 Å². The van der Waals surface area contributed by atoms with Gasteiger partial charge in [-0.3, -0.25) is 10.2 Å². The van der Waals surface area contributed by atoms with Gasteiger partial charge in [-0.1, -0.05) is 0 Å². The number of methoxy groups -OCH3 is 1. The highest BCUT2D eigenvalue weighted by atomic mass is 35.5. The molecule has 0 radical (unpaired) electrons. The lowest BCUT2D eigenvalue weighted by atomic mass is 10.3. The minimum atomic E-state index is -0.249. The fraction of sp³-hybridized carbons (Fsp3) is 1.00. The highest BCUT2D eigenvalue weighted by Crippen LogP contribution is 2.00. The van der Waals surface area contributed by atoms with E-state index in [0.29, 0.717) is 0 Å². The van der Waals surface area contributed by atoms with Crippen molar-refractivity contribution in [1.82, 2.24) is 10.2 Å². The van der Waals surface area contributed by atoms with Gasteiger partial charge in [0, 0.05) is 33.3 Å². The van der Waals surface area contributed by atoms with Crippen LogP contribution in [0.4, 0.5) is 0 Å². The SMILES string of the molecule is COC1CN(CC(C)O)CCN1.Cl.Cl. The number of aliphatic hydroxyl groups is 1. The second-order valence-electron chi connectivity index (χ2n) is 3.29. The number of rotatable bonds is 3. The van der Waals surface area contributed by atoms with E-state index in [0.717, 1.165) is 26.2 Å². The van der Waals surface area contributed by atoms with Crippen LogP contribution in [-0.4, -0.2) is 55.6 Å². The molecule has 0 aliphatic carbocycles. The zero-order chi connectivity index (χ0) is 8.97. The molecule has 0 aromatic carbocycles. The van der Waals surface area contributed by atoms with Crippen molar-refractivity contribution >= 4 is 24.8 Å². The second kappa shape index (κ2) is 8.71. The molecule has 88 valence electrons. The lowest BCUT2D eigenvalue weighted by Crippen LogP contribution is -2.52. The number of aliphatic hydroxyl groups excluding tert-OH is 1. The Kier molecular flexibility index (Phi) is 10.5. The maximum atomic E-state index is 9.16. The van der Waals surface area contributed by atoms with Crippen LogP contribution >= 0.6 is 24.8 Å². The van der Waals surface area contributed by atoms with Crippen LogP contribution in [0.15, 0.2) is 0 Å². The van der Waals surface area contributed by atoms with Gasteiger partial charge >= 0.3 is 0 Å². The van der Waals surface area contributed by atoms with Crippen LogP contribution in [0.25, 0.3) is 0 Å². The summed E-state index contributed by atoms with van der Waals surface area (Å²) in [4.78, 5) is 2.20. The topological polar surface area (TPSA) is 44.7 Å². The van der Waals surface area contributed by atoms with Gasteiger partial charge in [0.25, 0.3) is 0 Å². The summed E-state index contributed by atoms with van der Waals surface area (Å²) in [6.45, 7) is 5.34. The summed E-state index contributed by atoms with van der Waals surface area (Å²) < 4.78 is 5.17. The van der Waals surface area contributed by atoms with Gasteiger partial charge < -0.3 is 9.84 Å². The van der Waals surface area contributed by atoms with Gasteiger partial charge in [0.1, 0.15) is 6.23 Å². The van der Waals surface area contributed by atoms with Crippen molar-refractivity contribution in [2.75, 3.05) is 33.3 Å². The third-order valence-electron chi connectivity index (χ3n) is 2.03. The molecule has 2 unspecified atom stereocenters. The predicted molar refractivity (Wildman–Crippen MR) is 61.4 cm³/mol. The second-order valence-corrected chi connectivity index (χ2v) is 3.29. The van der Waals surface area contributed by atoms with Gasteiger partial charge in [0.2, 0.25) is 0 Å². The van der Waals surface area contributed by atoms with Gasteiger partial charge in [-0.25, -0.2) is 0 Å². The molecule has 0 aromatic heterocycles. The van der Waals surface area contributed by atoms with E-state index in [1.54, 1.807) is 7.11 Å². The monoisotopic (exact) mass is 246 g/mol. The minimum absolute atomic E-state index is 0. The molecular formula is C8H20Cl2N2O2. The molecule has 4 nitrogen and oxygen atoms in total. The number of ether oxygens (including phenoxy) is 1. The molecule has 1 rings (SSSR count). The number of β-amino-alcohol motifs (C(OH)–C–C–N with tert-alkyl or cyclic N) is 1. The van der Waals surface area contributed by atoms with Gasteiger partial charge in [0.05, 0.1) is 6.10 Å². The molecule has 0 saturated carbocycles. The van der Waals surface area contributed by atoms with E-state index in [1.165, 1.54) is 0 Å². The summed E-state index contributed by atoms with van der Waals surface area (Å²) in [6.07, 6.45) is -0.127. The fourth-order valence-electron chi connectivity index (χ4n) is 1.47. The zero-order valence-electron chi connectivity index (χ0n) is 8.60. The van der Waals surface area contributed by atoms with Crippen LogP contribution in [0.3, 0.4) is 0 Å². The van der Waals surface area contributed by atoms with E-state index in [4.69, 9.17) is 9.84 Å². The van der Waals surface area contributed by atoms with E-state index in [1.807, 2.05) is 6.92 Å². The Morgan fingerprint density at radius 3 is 2.71 bits per heavy atom. The van der Waals surface area contributed by atoms with Crippen molar-refractivity contribution in [3.63, 3.8) is 0 Å². The molecule has 0 bridgehead atoms. The van der Waals surface area contributed by atoms with Crippen LogP contribution in [0, 0.1) is 0 Å². The van der Waals surface area contributed by atoms with Crippen molar-refractivity contribution < 1.29 is 9.84 Å². The Labute approximate surface area is 97.8 Å². The molecule has 1 aliphatic heterocycles. The molecular weight excluding hydrogens is 227 g/mol. The average molecular weight is 247 g/mol. The smallest absolute Gasteiger partial charge is 0.120 e. The van der Waals surface area contributed by atoms with E-state index in [2.05, 4.69) is 10.2 Å². The standard InChI is InChI=1S/C8H18N2O2.2ClH/c1-7(11)5-10-4-3-9-8(6-10)12-2;;/h7-9,11H,3-6H2,1-2H3;2*1H. The highest BCUT2D eigenvalue weighted by Gasteiger charge is 2.18. The number of nitrogens with zero attached hydrogens (tertiary/aromatic N) is 1. The molecule has 1 aliphatic rings. The van der Waals surface area contributed by atoms with Gasteiger partial charge in [0.15, 0.2) is 0 Å². The molecule has 6 heteroatoms. The zero-order valence-corrected chi connectivity index (χ0v) is 10.2. The van der Waals surface area contributed by atoms with Gasteiger partial charge in [-0.05, 0) is 6.92 Å². The first-order chi connectivity index (χ1) is 5.72. The predicted octanol–water partition coefficient (Wildman–Crippen LogP) is 0.0885. The van der Waals surface area contributed by atoms with E-state index < -0.39 is 0 Å². The average Bonchev–Trinajstić information content (AvgIpc) is 2.03. The molecule has 0 spiro atoms. The lowest BCUT2D eigenvalue weighted by molar-refractivity contribution is 0.00323. The summed E-state index contributed by atoms with van der Waals surface area (Å²) in [6, 6.07) is 0. The first-order valence-electron chi connectivity index (χ1n) is 4.39. The van der Waals surface area contributed by atoms with E-state index >= 15 is 0 Å². The molecule has 0 amide bonds.